The Morgan fingerprint density at radius 2 is 2.00 bits per heavy atom. The Morgan fingerprint density at radius 3 is 2.58 bits per heavy atom. The minimum atomic E-state index is -4.46. The van der Waals surface area contributed by atoms with Crippen LogP contribution < -0.4 is 4.90 Å². The summed E-state index contributed by atoms with van der Waals surface area (Å²) in [6.07, 6.45) is -3.65. The Hall–Kier alpha value is -1.83. The highest BCUT2D eigenvalue weighted by atomic mass is 35.5. The molecule has 0 unspecified atom stereocenters. The van der Waals surface area contributed by atoms with Gasteiger partial charge in [-0.1, -0.05) is 25.4 Å². The zero-order valence-corrected chi connectivity index (χ0v) is 14.2. The lowest BCUT2D eigenvalue weighted by Crippen LogP contribution is -2.37. The fraction of sp³-hybridized carbons (Fsp3) is 0.533. The van der Waals surface area contributed by atoms with E-state index in [0.29, 0.717) is 18.9 Å². The summed E-state index contributed by atoms with van der Waals surface area (Å²) in [6, 6.07) is 0.981. The van der Waals surface area contributed by atoms with Crippen LogP contribution in [0.25, 0.3) is 0 Å². The second-order valence-electron chi connectivity index (χ2n) is 6.26. The van der Waals surface area contributed by atoms with Crippen LogP contribution in [0.15, 0.2) is 12.3 Å². The highest BCUT2D eigenvalue weighted by molar-refractivity contribution is 6.33. The molecule has 0 aliphatic carbocycles. The summed E-state index contributed by atoms with van der Waals surface area (Å²) in [7, 11) is 0. The predicted molar refractivity (Wildman–Crippen MR) is 84.1 cm³/mol. The number of rotatable bonds is 2. The van der Waals surface area contributed by atoms with Crippen molar-refractivity contribution in [2.45, 2.75) is 45.5 Å². The first-order valence-corrected chi connectivity index (χ1v) is 7.97. The molecule has 1 atom stereocenters. The highest BCUT2D eigenvalue weighted by Crippen LogP contribution is 2.35. The third-order valence-corrected chi connectivity index (χ3v) is 4.29. The van der Waals surface area contributed by atoms with Crippen LogP contribution >= 0.6 is 11.6 Å². The molecule has 3 rings (SSSR count). The van der Waals surface area contributed by atoms with Crippen LogP contribution in [-0.2, 0) is 12.7 Å². The Balaban J connectivity index is 1.92. The monoisotopic (exact) mass is 359 g/mol. The molecule has 0 saturated carbocycles. The van der Waals surface area contributed by atoms with Crippen molar-refractivity contribution in [2.75, 3.05) is 11.4 Å². The van der Waals surface area contributed by atoms with Gasteiger partial charge in [0.05, 0.1) is 23.2 Å². The van der Waals surface area contributed by atoms with Crippen LogP contribution in [0.5, 0.6) is 0 Å². The fourth-order valence-corrected chi connectivity index (χ4v) is 3.22. The number of aromatic nitrogens is 4. The molecule has 1 aliphatic rings. The first-order valence-electron chi connectivity index (χ1n) is 7.59. The molecule has 0 spiro atoms. The smallest absolute Gasteiger partial charge is 0.346 e. The summed E-state index contributed by atoms with van der Waals surface area (Å²) in [6.45, 7) is 7.09. The number of pyridine rings is 1. The van der Waals surface area contributed by atoms with Gasteiger partial charge in [-0.3, -0.25) is 0 Å². The van der Waals surface area contributed by atoms with Gasteiger partial charge in [-0.25, -0.2) is 4.98 Å². The molecular weight excluding hydrogens is 343 g/mol. The van der Waals surface area contributed by atoms with Crippen molar-refractivity contribution < 1.29 is 13.2 Å². The standard InChI is InChI=1S/C15H17ClF3N5/c1-8(2)13-22-21-12-7-23(6-9(3)24(12)13)14-11(16)4-10(5-20-14)15(17,18)19/h4-5,8-9H,6-7H2,1-3H3/t9-/m0/s1. The molecule has 0 aromatic carbocycles. The number of hydrogen-bond acceptors (Lipinski definition) is 4. The molecule has 0 fully saturated rings. The second-order valence-corrected chi connectivity index (χ2v) is 6.66. The zero-order valence-electron chi connectivity index (χ0n) is 13.5. The first-order chi connectivity index (χ1) is 11.2. The van der Waals surface area contributed by atoms with E-state index >= 15 is 0 Å². The van der Waals surface area contributed by atoms with Crippen molar-refractivity contribution in [3.05, 3.63) is 34.5 Å². The van der Waals surface area contributed by atoms with Gasteiger partial charge >= 0.3 is 6.18 Å². The van der Waals surface area contributed by atoms with E-state index < -0.39 is 11.7 Å². The Morgan fingerprint density at radius 1 is 1.29 bits per heavy atom. The normalized spacial score (nSPS) is 18.2. The Kier molecular flexibility index (Phi) is 4.19. The van der Waals surface area contributed by atoms with Gasteiger partial charge in [0.2, 0.25) is 0 Å². The molecule has 24 heavy (non-hydrogen) atoms. The SMILES string of the molecule is CC(C)c1nnc2n1[C@@H](C)CN(c1ncc(C(F)(F)F)cc1Cl)C2. The lowest BCUT2D eigenvalue weighted by atomic mass is 10.1. The molecule has 0 amide bonds. The molecule has 5 nitrogen and oxygen atoms in total. The van der Waals surface area contributed by atoms with Gasteiger partial charge in [-0.2, -0.15) is 13.2 Å². The predicted octanol–water partition coefficient (Wildman–Crippen LogP) is 4.05. The minimum Gasteiger partial charge on any atom is -0.346 e. The van der Waals surface area contributed by atoms with E-state index in [1.54, 1.807) is 0 Å². The van der Waals surface area contributed by atoms with Crippen molar-refractivity contribution in [2.24, 2.45) is 0 Å². The van der Waals surface area contributed by atoms with E-state index in [1.807, 2.05) is 25.7 Å². The fourth-order valence-electron chi connectivity index (χ4n) is 2.93. The van der Waals surface area contributed by atoms with Crippen LogP contribution in [-0.4, -0.2) is 26.3 Å². The molecule has 0 radical (unpaired) electrons. The first kappa shape index (κ1) is 17.0. The van der Waals surface area contributed by atoms with Gasteiger partial charge in [-0.15, -0.1) is 10.2 Å². The van der Waals surface area contributed by atoms with Crippen molar-refractivity contribution in [1.29, 1.82) is 0 Å². The van der Waals surface area contributed by atoms with Gasteiger partial charge in [0.1, 0.15) is 11.6 Å². The van der Waals surface area contributed by atoms with Gasteiger partial charge in [0.25, 0.3) is 0 Å². The average Bonchev–Trinajstić information content (AvgIpc) is 2.90. The molecule has 9 heteroatoms. The molecule has 0 bridgehead atoms. The highest BCUT2D eigenvalue weighted by Gasteiger charge is 2.33. The molecule has 0 N–H and O–H groups in total. The van der Waals surface area contributed by atoms with Crippen molar-refractivity contribution in [3.63, 3.8) is 0 Å². The maximum atomic E-state index is 12.7. The van der Waals surface area contributed by atoms with E-state index in [-0.39, 0.29) is 17.0 Å². The topological polar surface area (TPSA) is 46.8 Å². The number of alkyl halides is 3. The largest absolute Gasteiger partial charge is 0.417 e. The number of hydrogen-bond donors (Lipinski definition) is 0. The van der Waals surface area contributed by atoms with Crippen molar-refractivity contribution in [3.8, 4) is 0 Å². The Labute approximate surface area is 142 Å². The molecule has 3 heterocycles. The van der Waals surface area contributed by atoms with Crippen molar-refractivity contribution >= 4 is 17.4 Å². The average molecular weight is 360 g/mol. The summed E-state index contributed by atoms with van der Waals surface area (Å²) in [4.78, 5) is 5.77. The molecule has 2 aromatic rings. The number of fused-ring (bicyclic) bond motifs is 1. The van der Waals surface area contributed by atoms with E-state index in [4.69, 9.17) is 11.6 Å². The Bertz CT molecular complexity index is 756. The molecule has 0 saturated heterocycles. The number of anilines is 1. The molecule has 2 aromatic heterocycles. The molecular formula is C15H17ClF3N5. The summed E-state index contributed by atoms with van der Waals surface area (Å²) in [5.74, 6) is 2.24. The summed E-state index contributed by atoms with van der Waals surface area (Å²) in [5, 5.41) is 8.42. The molecule has 1 aliphatic heterocycles. The summed E-state index contributed by atoms with van der Waals surface area (Å²) >= 11 is 6.05. The molecule has 130 valence electrons. The minimum absolute atomic E-state index is 0.0194. The lowest BCUT2D eigenvalue weighted by molar-refractivity contribution is -0.137. The zero-order chi connectivity index (χ0) is 17.6. The van der Waals surface area contributed by atoms with E-state index in [9.17, 15) is 13.2 Å². The van der Waals surface area contributed by atoms with Gasteiger partial charge in [0.15, 0.2) is 5.82 Å². The van der Waals surface area contributed by atoms with Crippen LogP contribution in [0, 0.1) is 0 Å². The summed E-state index contributed by atoms with van der Waals surface area (Å²) in [5.41, 5.74) is -0.855. The van der Waals surface area contributed by atoms with Crippen LogP contribution in [0.1, 0.15) is 49.9 Å². The number of halogens is 4. The number of nitrogens with zero attached hydrogens (tertiary/aromatic N) is 5. The lowest BCUT2D eigenvalue weighted by Gasteiger charge is -2.34. The second kappa shape index (κ2) is 5.91. The third-order valence-electron chi connectivity index (χ3n) is 4.02. The van der Waals surface area contributed by atoms with Crippen LogP contribution in [0.4, 0.5) is 19.0 Å². The maximum Gasteiger partial charge on any atom is 0.417 e. The van der Waals surface area contributed by atoms with Crippen molar-refractivity contribution in [1.82, 2.24) is 19.7 Å². The maximum absolute atomic E-state index is 12.7. The van der Waals surface area contributed by atoms with E-state index in [1.165, 1.54) is 0 Å². The van der Waals surface area contributed by atoms with Gasteiger partial charge in [-0.05, 0) is 13.0 Å². The van der Waals surface area contributed by atoms with E-state index in [0.717, 1.165) is 23.9 Å². The van der Waals surface area contributed by atoms with Gasteiger partial charge in [0, 0.05) is 18.7 Å². The van der Waals surface area contributed by atoms with E-state index in [2.05, 4.69) is 19.7 Å². The quantitative estimate of drug-likeness (QED) is 0.811. The summed E-state index contributed by atoms with van der Waals surface area (Å²) < 4.78 is 40.3. The van der Waals surface area contributed by atoms with Crippen LogP contribution in [0.3, 0.4) is 0 Å². The van der Waals surface area contributed by atoms with Crippen LogP contribution in [0.2, 0.25) is 5.02 Å². The third kappa shape index (κ3) is 2.94. The van der Waals surface area contributed by atoms with Gasteiger partial charge < -0.3 is 9.47 Å².